The summed E-state index contributed by atoms with van der Waals surface area (Å²) in [5.41, 5.74) is 1.52. The number of unbranched alkanes of at least 4 members (excludes halogenated alkanes) is 1. The first-order valence-electron chi connectivity index (χ1n) is 9.92. The van der Waals surface area contributed by atoms with Gasteiger partial charge in [0, 0.05) is 39.3 Å². The van der Waals surface area contributed by atoms with Crippen molar-refractivity contribution in [3.05, 3.63) is 11.6 Å². The molecule has 1 heterocycles. The van der Waals surface area contributed by atoms with E-state index in [1.807, 2.05) is 0 Å². The molecule has 1 aliphatic heterocycles. The van der Waals surface area contributed by atoms with Crippen LogP contribution >= 0.6 is 0 Å². The molecule has 0 aromatic rings. The molecular weight excluding hydrogens is 300 g/mol. The maximum atomic E-state index is 11.8. The van der Waals surface area contributed by atoms with Gasteiger partial charge in [-0.25, -0.2) is 4.79 Å². The van der Waals surface area contributed by atoms with Crippen molar-refractivity contribution in [3.63, 3.8) is 0 Å². The Morgan fingerprint density at radius 3 is 2.50 bits per heavy atom. The summed E-state index contributed by atoms with van der Waals surface area (Å²) in [4.78, 5) is 16.8. The van der Waals surface area contributed by atoms with E-state index in [2.05, 4.69) is 33.4 Å². The van der Waals surface area contributed by atoms with Gasteiger partial charge < -0.3 is 20.4 Å². The number of carbonyl (C=O) groups is 1. The second-order valence-electron chi connectivity index (χ2n) is 7.02. The first-order valence-corrected chi connectivity index (χ1v) is 9.92. The van der Waals surface area contributed by atoms with Crippen LogP contribution in [0, 0.1) is 0 Å². The van der Waals surface area contributed by atoms with Gasteiger partial charge in [-0.05, 0) is 58.0 Å². The molecule has 2 aliphatic rings. The molecule has 1 saturated heterocycles. The van der Waals surface area contributed by atoms with E-state index in [0.29, 0.717) is 0 Å². The van der Waals surface area contributed by atoms with Crippen molar-refractivity contribution in [2.45, 2.75) is 51.9 Å². The molecule has 138 valence electrons. The molecule has 0 aromatic heterocycles. The van der Waals surface area contributed by atoms with E-state index in [1.54, 1.807) is 0 Å². The second kappa shape index (κ2) is 11.5. The summed E-state index contributed by atoms with van der Waals surface area (Å²) in [5.74, 6) is 0. The fraction of sp³-hybridized carbons (Fsp3) is 0.842. The van der Waals surface area contributed by atoms with Crippen LogP contribution in [0.15, 0.2) is 11.6 Å². The van der Waals surface area contributed by atoms with Crippen LogP contribution in [0.4, 0.5) is 4.79 Å². The van der Waals surface area contributed by atoms with Gasteiger partial charge in [0.15, 0.2) is 0 Å². The van der Waals surface area contributed by atoms with Crippen molar-refractivity contribution < 1.29 is 4.79 Å². The van der Waals surface area contributed by atoms with Crippen molar-refractivity contribution in [2.24, 2.45) is 0 Å². The fourth-order valence-electron chi connectivity index (χ4n) is 3.52. The van der Waals surface area contributed by atoms with Crippen LogP contribution in [-0.2, 0) is 0 Å². The highest BCUT2D eigenvalue weighted by Crippen LogP contribution is 2.19. The van der Waals surface area contributed by atoms with Crippen LogP contribution < -0.4 is 10.6 Å². The highest BCUT2D eigenvalue weighted by molar-refractivity contribution is 5.73. The summed E-state index contributed by atoms with van der Waals surface area (Å²) in [6, 6.07) is -0.0111. The number of carbonyl (C=O) groups excluding carboxylic acids is 1. The zero-order valence-corrected chi connectivity index (χ0v) is 15.5. The minimum absolute atomic E-state index is 0.0111. The van der Waals surface area contributed by atoms with E-state index in [4.69, 9.17) is 0 Å². The number of nitrogens with zero attached hydrogens (tertiary/aromatic N) is 2. The Labute approximate surface area is 147 Å². The summed E-state index contributed by atoms with van der Waals surface area (Å²) in [6.07, 6.45) is 10.7. The number of likely N-dealkylation sites (N-methyl/N-ethyl adjacent to an activating group) is 1. The third kappa shape index (κ3) is 7.67. The Kier molecular flexibility index (Phi) is 9.21. The van der Waals surface area contributed by atoms with Crippen molar-refractivity contribution in [1.82, 2.24) is 20.4 Å². The zero-order valence-electron chi connectivity index (χ0n) is 15.5. The van der Waals surface area contributed by atoms with Crippen LogP contribution in [0.5, 0.6) is 0 Å². The van der Waals surface area contributed by atoms with E-state index in [9.17, 15) is 4.79 Å². The molecule has 5 heteroatoms. The lowest BCUT2D eigenvalue weighted by Gasteiger charge is -2.33. The van der Waals surface area contributed by atoms with Crippen molar-refractivity contribution >= 4 is 6.03 Å². The maximum Gasteiger partial charge on any atom is 0.314 e. The van der Waals surface area contributed by atoms with Crippen molar-refractivity contribution in [1.29, 1.82) is 0 Å². The van der Waals surface area contributed by atoms with E-state index in [0.717, 1.165) is 32.5 Å². The largest absolute Gasteiger partial charge is 0.338 e. The molecule has 0 saturated carbocycles. The first kappa shape index (κ1) is 19.3. The number of amides is 2. The predicted molar refractivity (Wildman–Crippen MR) is 100 cm³/mol. The Morgan fingerprint density at radius 1 is 1.04 bits per heavy atom. The molecule has 0 spiro atoms. The van der Waals surface area contributed by atoms with Crippen LogP contribution in [0.1, 0.15) is 51.9 Å². The van der Waals surface area contributed by atoms with Gasteiger partial charge in [0.05, 0.1) is 0 Å². The first-order chi connectivity index (χ1) is 11.8. The van der Waals surface area contributed by atoms with Gasteiger partial charge in [0.25, 0.3) is 0 Å². The van der Waals surface area contributed by atoms with Gasteiger partial charge in [-0.1, -0.05) is 18.6 Å². The molecule has 24 heavy (non-hydrogen) atoms. The van der Waals surface area contributed by atoms with Crippen LogP contribution in [0.2, 0.25) is 0 Å². The van der Waals surface area contributed by atoms with Gasteiger partial charge in [0.2, 0.25) is 0 Å². The number of hydrogen-bond acceptors (Lipinski definition) is 3. The number of piperazine rings is 1. The van der Waals surface area contributed by atoms with Crippen LogP contribution in [0.3, 0.4) is 0 Å². The topological polar surface area (TPSA) is 47.6 Å². The van der Waals surface area contributed by atoms with Crippen molar-refractivity contribution in [3.8, 4) is 0 Å². The Hall–Kier alpha value is -1.07. The number of hydrogen-bond donors (Lipinski definition) is 2. The van der Waals surface area contributed by atoms with Gasteiger partial charge in [0.1, 0.15) is 0 Å². The molecule has 0 radical (unpaired) electrons. The van der Waals surface area contributed by atoms with Gasteiger partial charge in [-0.15, -0.1) is 0 Å². The Bertz CT molecular complexity index is 389. The third-order valence-electron chi connectivity index (χ3n) is 5.22. The maximum absolute atomic E-state index is 11.8. The molecule has 5 nitrogen and oxygen atoms in total. The molecule has 0 aromatic carbocycles. The van der Waals surface area contributed by atoms with E-state index >= 15 is 0 Å². The van der Waals surface area contributed by atoms with E-state index in [-0.39, 0.29) is 6.03 Å². The molecule has 1 fully saturated rings. The lowest BCUT2D eigenvalue weighted by Crippen LogP contribution is -2.46. The van der Waals surface area contributed by atoms with Crippen molar-refractivity contribution in [2.75, 3.05) is 52.4 Å². The average Bonchev–Trinajstić information content (AvgIpc) is 2.63. The van der Waals surface area contributed by atoms with Gasteiger partial charge in [-0.2, -0.15) is 0 Å². The molecule has 2 amide bonds. The molecular formula is C19H36N4O. The predicted octanol–water partition coefficient (Wildman–Crippen LogP) is 2.59. The summed E-state index contributed by atoms with van der Waals surface area (Å²) < 4.78 is 0. The van der Waals surface area contributed by atoms with Crippen LogP contribution in [0.25, 0.3) is 0 Å². The quantitative estimate of drug-likeness (QED) is 0.503. The number of rotatable bonds is 9. The highest BCUT2D eigenvalue weighted by atomic mass is 16.2. The zero-order chi connectivity index (χ0) is 17.0. The third-order valence-corrected chi connectivity index (χ3v) is 5.22. The smallest absolute Gasteiger partial charge is 0.314 e. The monoisotopic (exact) mass is 336 g/mol. The summed E-state index contributed by atoms with van der Waals surface area (Å²) >= 11 is 0. The second-order valence-corrected chi connectivity index (χ2v) is 7.02. The minimum Gasteiger partial charge on any atom is -0.338 e. The van der Waals surface area contributed by atoms with Crippen LogP contribution in [-0.4, -0.2) is 68.2 Å². The summed E-state index contributed by atoms with van der Waals surface area (Å²) in [6.45, 7) is 10.9. The minimum atomic E-state index is -0.0111. The number of allylic oxidation sites excluding steroid dienone is 1. The lowest BCUT2D eigenvalue weighted by atomic mass is 9.97. The molecule has 2 N–H and O–H groups in total. The van der Waals surface area contributed by atoms with Gasteiger partial charge in [-0.3, -0.25) is 0 Å². The molecule has 1 aliphatic carbocycles. The number of urea groups is 1. The van der Waals surface area contributed by atoms with Gasteiger partial charge >= 0.3 is 6.03 Å². The normalized spacial score (nSPS) is 19.8. The molecule has 0 atom stereocenters. The highest BCUT2D eigenvalue weighted by Gasteiger charge is 2.14. The molecule has 0 unspecified atom stereocenters. The average molecular weight is 337 g/mol. The SMILES string of the molecule is CCN1CCN(CCCCNC(=O)NCCC2=CCCCC2)CC1. The Balaban J connectivity index is 1.41. The van der Waals surface area contributed by atoms with E-state index < -0.39 is 0 Å². The van der Waals surface area contributed by atoms with E-state index in [1.165, 1.54) is 70.4 Å². The Morgan fingerprint density at radius 2 is 1.79 bits per heavy atom. The molecule has 2 rings (SSSR count). The molecule has 0 bridgehead atoms. The number of nitrogens with one attached hydrogen (secondary N) is 2. The lowest BCUT2D eigenvalue weighted by molar-refractivity contribution is 0.135. The summed E-state index contributed by atoms with van der Waals surface area (Å²) in [7, 11) is 0. The standard InChI is InChI=1S/C19H36N4O/c1-2-22-14-16-23(17-15-22)13-7-6-11-20-19(24)21-12-10-18-8-4-3-5-9-18/h8H,2-7,9-17H2,1H3,(H2,20,21,24). The summed E-state index contributed by atoms with van der Waals surface area (Å²) in [5, 5.41) is 5.95. The fourth-order valence-corrected chi connectivity index (χ4v) is 3.52.